The van der Waals surface area contributed by atoms with Gasteiger partial charge in [0.25, 0.3) is 0 Å². The Hall–Kier alpha value is -0.670. The van der Waals surface area contributed by atoms with E-state index in [-0.39, 0.29) is 39.1 Å². The molecule has 0 aliphatic heterocycles. The molecule has 3 atom stereocenters. The summed E-state index contributed by atoms with van der Waals surface area (Å²) >= 11 is 3.15. The van der Waals surface area contributed by atoms with Crippen molar-refractivity contribution in [3.63, 3.8) is 0 Å². The van der Waals surface area contributed by atoms with Gasteiger partial charge in [0.2, 0.25) is 0 Å². The van der Waals surface area contributed by atoms with E-state index in [1.807, 2.05) is 0 Å². The molecule has 20 heteroatoms. The van der Waals surface area contributed by atoms with E-state index in [2.05, 4.69) is 14.5 Å². The van der Waals surface area contributed by atoms with Gasteiger partial charge in [-0.1, -0.05) is 0 Å². The van der Waals surface area contributed by atoms with Crippen LogP contribution in [0.15, 0.2) is 0 Å². The number of phosphoric acid groups is 1. The number of carbonyl (C=O) groups is 3. The smallest absolute Gasteiger partial charge is 0.382 e. The molecule has 9 N–H and O–H groups in total. The molecule has 0 heterocycles. The first-order valence-electron chi connectivity index (χ1n) is 11.2. The lowest BCUT2D eigenvalue weighted by molar-refractivity contribution is -0.146. The summed E-state index contributed by atoms with van der Waals surface area (Å²) in [6.07, 6.45) is 0.172. The van der Waals surface area contributed by atoms with Gasteiger partial charge in [-0.15, -0.1) is 35.3 Å². The largest absolute Gasteiger partial charge is 0.474 e. The van der Waals surface area contributed by atoms with Crippen LogP contribution in [0.3, 0.4) is 0 Å². The predicted octanol–water partition coefficient (Wildman–Crippen LogP) is -0.110. The average molecular weight is 630 g/mol. The zero-order chi connectivity index (χ0) is 28.8. The number of hydrogen-bond donors (Lipinski definition) is 6. The van der Waals surface area contributed by atoms with Crippen LogP contribution in [-0.4, -0.2) is 86.6 Å². The quantitative estimate of drug-likeness (QED) is 0.0352. The van der Waals surface area contributed by atoms with Gasteiger partial charge in [0.15, 0.2) is 0 Å². The van der Waals surface area contributed by atoms with E-state index >= 15 is 0 Å². The fourth-order valence-electron chi connectivity index (χ4n) is 2.22. The highest BCUT2D eigenvalue weighted by molar-refractivity contribution is 8.00. The van der Waals surface area contributed by atoms with E-state index < -0.39 is 42.0 Å². The highest BCUT2D eigenvalue weighted by Gasteiger charge is 2.26. The second-order valence-corrected chi connectivity index (χ2v) is 12.6. The molecule has 0 radical (unpaired) electrons. The first-order chi connectivity index (χ1) is 18.0. The minimum Gasteiger partial charge on any atom is -0.382 e. The summed E-state index contributed by atoms with van der Waals surface area (Å²) in [5.74, 6) is 13.0. The van der Waals surface area contributed by atoms with Crippen molar-refractivity contribution in [1.82, 2.24) is 0 Å². The molecular weight excluding hydrogens is 593 g/mol. The Morgan fingerprint density at radius 1 is 0.605 bits per heavy atom. The summed E-state index contributed by atoms with van der Waals surface area (Å²) in [7, 11) is -3.98. The summed E-state index contributed by atoms with van der Waals surface area (Å²) < 4.78 is 29.0. The van der Waals surface area contributed by atoms with Gasteiger partial charge in [-0.05, 0) is 36.5 Å². The number of rotatable bonds is 24. The van der Waals surface area contributed by atoms with Gasteiger partial charge in [-0.2, -0.15) is 17.7 Å². The zero-order valence-corrected chi connectivity index (χ0v) is 23.9. The number of thioether (sulfide) groups is 3. The molecule has 0 saturated carbocycles. The maximum Gasteiger partial charge on any atom is 0.474 e. The fraction of sp³-hybridized carbons (Fsp3) is 0.833. The zero-order valence-electron chi connectivity index (χ0n) is 20.5. The summed E-state index contributed by atoms with van der Waals surface area (Å²) in [4.78, 5) is 45.1. The standard InChI is InChI=1S/C18H36N3O13PS3/c19-32-13(22)10-16(25)36-7-1-4-29-35(28,30-5-2-8-37-17(26)11-14(23)33-20)31-6-3-9-38-18(27)12-15(24)34-21/h16-18,25-27H,1-12,19-21H2. The van der Waals surface area contributed by atoms with Crippen molar-refractivity contribution in [3.05, 3.63) is 0 Å². The van der Waals surface area contributed by atoms with Crippen molar-refractivity contribution in [3.8, 4) is 0 Å². The van der Waals surface area contributed by atoms with Crippen LogP contribution < -0.4 is 17.7 Å². The molecule has 3 unspecified atom stereocenters. The fourth-order valence-corrected chi connectivity index (χ4v) is 5.94. The third-order valence-electron chi connectivity index (χ3n) is 3.96. The third kappa shape index (κ3) is 21.2. The molecule has 38 heavy (non-hydrogen) atoms. The molecule has 0 fully saturated rings. The van der Waals surface area contributed by atoms with Crippen molar-refractivity contribution < 1.29 is 62.4 Å². The normalized spacial score (nSPS) is 15.2. The SMILES string of the molecule is NOC(=O)CC(O)SCCCOP(=O)(OCCCSC(O)CC(=O)ON)OCCCSC(O)CC(=O)ON. The number of aliphatic hydroxyl groups excluding tert-OH is 3. The first kappa shape index (κ1) is 37.3. The van der Waals surface area contributed by atoms with Gasteiger partial charge in [0.1, 0.15) is 16.3 Å². The van der Waals surface area contributed by atoms with Crippen LogP contribution in [0.2, 0.25) is 0 Å². The Kier molecular flexibility index (Phi) is 22.7. The summed E-state index contributed by atoms with van der Waals surface area (Å²) in [5.41, 5.74) is -3.07. The molecule has 0 saturated heterocycles. The molecule has 0 rings (SSSR count). The van der Waals surface area contributed by atoms with Gasteiger partial charge in [0, 0.05) is 0 Å². The molecule has 0 aromatic rings. The Morgan fingerprint density at radius 3 is 1.11 bits per heavy atom. The van der Waals surface area contributed by atoms with Crippen molar-refractivity contribution in [2.24, 2.45) is 17.7 Å². The number of carbonyl (C=O) groups excluding carboxylic acids is 3. The lowest BCUT2D eigenvalue weighted by Crippen LogP contribution is -2.16. The van der Waals surface area contributed by atoms with Gasteiger partial charge >= 0.3 is 25.7 Å². The molecule has 0 aromatic heterocycles. The van der Waals surface area contributed by atoms with Crippen molar-refractivity contribution in [2.75, 3.05) is 37.1 Å². The van der Waals surface area contributed by atoms with Crippen LogP contribution in [-0.2, 0) is 47.0 Å². The Balaban J connectivity index is 4.50. The highest BCUT2D eigenvalue weighted by Crippen LogP contribution is 2.49. The summed E-state index contributed by atoms with van der Waals surface area (Å²) in [6.45, 7) is -0.120. The Labute approximate surface area is 232 Å². The molecular formula is C18H36N3O13PS3. The minimum absolute atomic E-state index is 0.0400. The van der Waals surface area contributed by atoms with E-state index in [1.54, 1.807) is 0 Å². The highest BCUT2D eigenvalue weighted by atomic mass is 32.2. The predicted molar refractivity (Wildman–Crippen MR) is 139 cm³/mol. The molecule has 224 valence electrons. The summed E-state index contributed by atoms with van der Waals surface area (Å²) in [5, 5.41) is 29.1. The second kappa shape index (κ2) is 23.1. The van der Waals surface area contributed by atoms with E-state index in [9.17, 15) is 34.3 Å². The maximum absolute atomic E-state index is 13.0. The van der Waals surface area contributed by atoms with Crippen LogP contribution in [0.1, 0.15) is 38.5 Å². The molecule has 0 aliphatic carbocycles. The van der Waals surface area contributed by atoms with Crippen LogP contribution in [0.5, 0.6) is 0 Å². The number of aliphatic hydroxyl groups is 3. The van der Waals surface area contributed by atoms with Crippen molar-refractivity contribution in [2.45, 2.75) is 54.8 Å². The van der Waals surface area contributed by atoms with Crippen molar-refractivity contribution in [1.29, 1.82) is 0 Å². The van der Waals surface area contributed by atoms with Crippen LogP contribution >= 0.6 is 43.1 Å². The minimum atomic E-state index is -3.98. The third-order valence-corrected chi connectivity index (χ3v) is 8.69. The molecule has 16 nitrogen and oxygen atoms in total. The summed E-state index contributed by atoms with van der Waals surface area (Å²) in [6, 6.07) is 0. The van der Waals surface area contributed by atoms with Gasteiger partial charge in [-0.3, -0.25) is 28.0 Å². The first-order valence-corrected chi connectivity index (χ1v) is 15.8. The van der Waals surface area contributed by atoms with Gasteiger partial charge in [-0.25, -0.2) is 4.57 Å². The van der Waals surface area contributed by atoms with E-state index in [0.29, 0.717) is 36.5 Å². The molecule has 0 aliphatic rings. The monoisotopic (exact) mass is 629 g/mol. The lowest BCUT2D eigenvalue weighted by atomic mass is 10.5. The molecule has 0 spiro atoms. The lowest BCUT2D eigenvalue weighted by Gasteiger charge is -2.18. The van der Waals surface area contributed by atoms with E-state index in [0.717, 1.165) is 35.3 Å². The van der Waals surface area contributed by atoms with Gasteiger partial charge < -0.3 is 29.8 Å². The van der Waals surface area contributed by atoms with Crippen LogP contribution in [0, 0.1) is 0 Å². The molecule has 0 amide bonds. The average Bonchev–Trinajstić information content (AvgIpc) is 2.87. The molecule has 0 aromatic carbocycles. The Bertz CT molecular complexity index is 638. The van der Waals surface area contributed by atoms with Crippen LogP contribution in [0.4, 0.5) is 0 Å². The number of hydrogen-bond acceptors (Lipinski definition) is 19. The second-order valence-electron chi connectivity index (χ2n) is 7.07. The van der Waals surface area contributed by atoms with E-state index in [4.69, 9.17) is 31.3 Å². The topological polar surface area (TPSA) is 262 Å². The van der Waals surface area contributed by atoms with Crippen LogP contribution in [0.25, 0.3) is 0 Å². The molecule has 0 bridgehead atoms. The Morgan fingerprint density at radius 2 is 0.868 bits per heavy atom. The van der Waals surface area contributed by atoms with Crippen molar-refractivity contribution >= 4 is 61.0 Å². The van der Waals surface area contributed by atoms with Gasteiger partial charge in [0.05, 0.1) is 39.1 Å². The number of phosphoric ester groups is 1. The number of nitrogens with two attached hydrogens (primary N) is 3. The maximum atomic E-state index is 13.0. The van der Waals surface area contributed by atoms with E-state index in [1.165, 1.54) is 0 Å².